The summed E-state index contributed by atoms with van der Waals surface area (Å²) in [4.78, 5) is 24.5. The number of hydrogen-bond donors (Lipinski definition) is 3. The number of aliphatic hydroxyl groups is 2. The van der Waals surface area contributed by atoms with E-state index < -0.39 is 12.1 Å². The number of hydrogen-bond acceptors (Lipinski definition) is 5. The fraction of sp³-hybridized carbons (Fsp3) is 0.864. The molecule has 0 radical (unpaired) electrons. The van der Waals surface area contributed by atoms with Crippen molar-refractivity contribution in [1.82, 2.24) is 5.32 Å². The van der Waals surface area contributed by atoms with Crippen LogP contribution in [-0.2, 0) is 14.3 Å². The standard InChI is InChI=1S/C59H111NO5/c1-3-5-7-9-11-13-15-17-18-22-26-29-33-37-41-45-49-53-59(64)65-54-50-46-42-38-34-30-27-24-21-19-20-23-25-28-32-36-40-44-48-52-58(63)60-56(55-61)57(62)51-47-43-39-35-31-16-14-12-10-8-6-4-2/h11,13,17-20,56-57,61-62H,3-10,12,14-16,21-55H2,1-2H3,(H,60,63)/b13-11-,18-17-,20-19-. The molecule has 382 valence electrons. The van der Waals surface area contributed by atoms with Gasteiger partial charge in [0.05, 0.1) is 25.4 Å². The molecule has 0 saturated carbocycles. The predicted octanol–water partition coefficient (Wildman–Crippen LogP) is 17.6. The van der Waals surface area contributed by atoms with E-state index in [4.69, 9.17) is 4.74 Å². The van der Waals surface area contributed by atoms with Crippen LogP contribution in [0.4, 0.5) is 0 Å². The molecule has 0 spiro atoms. The lowest BCUT2D eigenvalue weighted by Gasteiger charge is -2.22. The molecule has 6 nitrogen and oxygen atoms in total. The molecule has 3 N–H and O–H groups in total. The highest BCUT2D eigenvalue weighted by molar-refractivity contribution is 5.76. The van der Waals surface area contributed by atoms with Gasteiger partial charge in [0, 0.05) is 12.8 Å². The van der Waals surface area contributed by atoms with Crippen molar-refractivity contribution in [2.45, 2.75) is 315 Å². The normalized spacial score (nSPS) is 12.9. The van der Waals surface area contributed by atoms with Crippen LogP contribution in [0.25, 0.3) is 0 Å². The van der Waals surface area contributed by atoms with Crippen LogP contribution in [0.3, 0.4) is 0 Å². The Balaban J connectivity index is 3.43. The summed E-state index contributed by atoms with van der Waals surface area (Å²) in [5.41, 5.74) is 0. The number of esters is 1. The van der Waals surface area contributed by atoms with Crippen LogP contribution < -0.4 is 5.32 Å². The monoisotopic (exact) mass is 914 g/mol. The number of unbranched alkanes of at least 4 members (excludes halogenated alkanes) is 36. The lowest BCUT2D eigenvalue weighted by atomic mass is 10.0. The van der Waals surface area contributed by atoms with Crippen LogP contribution in [0.2, 0.25) is 0 Å². The van der Waals surface area contributed by atoms with Gasteiger partial charge in [-0.3, -0.25) is 9.59 Å². The molecule has 6 heteroatoms. The molecule has 0 aliphatic rings. The smallest absolute Gasteiger partial charge is 0.305 e. The van der Waals surface area contributed by atoms with E-state index in [9.17, 15) is 19.8 Å². The zero-order valence-electron chi connectivity index (χ0n) is 43.5. The maximum absolute atomic E-state index is 12.4. The largest absolute Gasteiger partial charge is 0.466 e. The zero-order chi connectivity index (χ0) is 47.2. The number of aliphatic hydroxyl groups excluding tert-OH is 2. The van der Waals surface area contributed by atoms with Gasteiger partial charge in [-0.1, -0.05) is 243 Å². The van der Waals surface area contributed by atoms with Gasteiger partial charge in [-0.05, 0) is 83.5 Å². The third-order valence-electron chi connectivity index (χ3n) is 13.2. The number of rotatable bonds is 53. The summed E-state index contributed by atoms with van der Waals surface area (Å²) >= 11 is 0. The van der Waals surface area contributed by atoms with Crippen molar-refractivity contribution >= 4 is 11.9 Å². The maximum Gasteiger partial charge on any atom is 0.305 e. The third-order valence-corrected chi connectivity index (χ3v) is 13.2. The van der Waals surface area contributed by atoms with Crippen molar-refractivity contribution in [3.8, 4) is 0 Å². The van der Waals surface area contributed by atoms with Crippen molar-refractivity contribution in [2.24, 2.45) is 0 Å². The highest BCUT2D eigenvalue weighted by Crippen LogP contribution is 2.16. The van der Waals surface area contributed by atoms with Crippen LogP contribution in [0, 0.1) is 0 Å². The number of carbonyl (C=O) groups excluding carboxylic acids is 2. The summed E-state index contributed by atoms with van der Waals surface area (Å²) in [6, 6.07) is -0.548. The van der Waals surface area contributed by atoms with Crippen LogP contribution in [0.1, 0.15) is 303 Å². The van der Waals surface area contributed by atoms with Crippen LogP contribution in [0.5, 0.6) is 0 Å². The number of allylic oxidation sites excluding steroid dienone is 6. The maximum atomic E-state index is 12.4. The van der Waals surface area contributed by atoms with Gasteiger partial charge in [-0.15, -0.1) is 0 Å². The van der Waals surface area contributed by atoms with Crippen LogP contribution in [0.15, 0.2) is 36.5 Å². The van der Waals surface area contributed by atoms with Crippen molar-refractivity contribution in [1.29, 1.82) is 0 Å². The Hall–Kier alpha value is -1.92. The molecule has 0 rings (SSSR count). The molecular formula is C59H111NO5. The number of ether oxygens (including phenoxy) is 1. The summed E-state index contributed by atoms with van der Waals surface area (Å²) in [7, 11) is 0. The molecule has 65 heavy (non-hydrogen) atoms. The van der Waals surface area contributed by atoms with E-state index in [1.807, 2.05) is 0 Å². The van der Waals surface area contributed by atoms with Crippen molar-refractivity contribution < 1.29 is 24.5 Å². The summed E-state index contributed by atoms with van der Waals surface area (Å²) in [5, 5.41) is 23.2. The highest BCUT2D eigenvalue weighted by Gasteiger charge is 2.20. The van der Waals surface area contributed by atoms with Crippen molar-refractivity contribution in [3.05, 3.63) is 36.5 Å². The quantitative estimate of drug-likeness (QED) is 0.0321. The van der Waals surface area contributed by atoms with Crippen molar-refractivity contribution in [3.63, 3.8) is 0 Å². The van der Waals surface area contributed by atoms with Crippen LogP contribution in [-0.4, -0.2) is 47.4 Å². The highest BCUT2D eigenvalue weighted by atomic mass is 16.5. The Morgan fingerprint density at radius 2 is 0.769 bits per heavy atom. The molecule has 0 fully saturated rings. The predicted molar refractivity (Wildman–Crippen MR) is 283 cm³/mol. The van der Waals surface area contributed by atoms with Gasteiger partial charge in [0.2, 0.25) is 5.91 Å². The molecule has 0 heterocycles. The second kappa shape index (κ2) is 54.7. The first-order valence-electron chi connectivity index (χ1n) is 28.7. The Labute approximate surface area is 404 Å². The number of carbonyl (C=O) groups is 2. The van der Waals surface area contributed by atoms with E-state index in [1.165, 1.54) is 218 Å². The lowest BCUT2D eigenvalue weighted by molar-refractivity contribution is -0.143. The minimum Gasteiger partial charge on any atom is -0.466 e. The topological polar surface area (TPSA) is 95.9 Å². The minimum absolute atomic E-state index is 0.00404. The Bertz CT molecular complexity index is 1060. The Morgan fingerprint density at radius 1 is 0.431 bits per heavy atom. The van der Waals surface area contributed by atoms with Gasteiger partial charge in [-0.2, -0.15) is 0 Å². The number of amides is 1. The van der Waals surface area contributed by atoms with E-state index in [0.717, 1.165) is 51.4 Å². The van der Waals surface area contributed by atoms with E-state index in [2.05, 4.69) is 55.6 Å². The molecular weight excluding hydrogens is 803 g/mol. The Kier molecular flexibility index (Phi) is 53.1. The fourth-order valence-corrected chi connectivity index (χ4v) is 8.72. The average molecular weight is 915 g/mol. The first-order valence-corrected chi connectivity index (χ1v) is 28.7. The summed E-state index contributed by atoms with van der Waals surface area (Å²) < 4.78 is 5.48. The summed E-state index contributed by atoms with van der Waals surface area (Å²) in [6.45, 7) is 4.91. The van der Waals surface area contributed by atoms with Crippen LogP contribution >= 0.6 is 0 Å². The van der Waals surface area contributed by atoms with E-state index in [-0.39, 0.29) is 18.5 Å². The molecule has 0 aromatic carbocycles. The van der Waals surface area contributed by atoms with Crippen molar-refractivity contribution in [2.75, 3.05) is 13.2 Å². The molecule has 0 aromatic rings. The lowest BCUT2D eigenvalue weighted by Crippen LogP contribution is -2.45. The van der Waals surface area contributed by atoms with E-state index in [0.29, 0.717) is 25.9 Å². The van der Waals surface area contributed by atoms with Gasteiger partial charge in [0.15, 0.2) is 0 Å². The molecule has 2 atom stereocenters. The minimum atomic E-state index is -0.670. The van der Waals surface area contributed by atoms with Gasteiger partial charge >= 0.3 is 5.97 Å². The molecule has 0 aliphatic heterocycles. The summed E-state index contributed by atoms with van der Waals surface area (Å²) in [5.74, 6) is -0.0495. The second-order valence-electron chi connectivity index (χ2n) is 19.6. The molecule has 0 aromatic heterocycles. The van der Waals surface area contributed by atoms with Gasteiger partial charge in [-0.25, -0.2) is 0 Å². The molecule has 0 saturated heterocycles. The molecule has 0 bridgehead atoms. The molecule has 1 amide bonds. The second-order valence-corrected chi connectivity index (χ2v) is 19.6. The van der Waals surface area contributed by atoms with E-state index in [1.54, 1.807) is 0 Å². The number of nitrogens with one attached hydrogen (secondary N) is 1. The van der Waals surface area contributed by atoms with Gasteiger partial charge < -0.3 is 20.3 Å². The molecule has 0 aliphatic carbocycles. The first-order chi connectivity index (χ1) is 32.0. The van der Waals surface area contributed by atoms with Gasteiger partial charge in [0.1, 0.15) is 0 Å². The molecule has 2 unspecified atom stereocenters. The third kappa shape index (κ3) is 51.3. The average Bonchev–Trinajstić information content (AvgIpc) is 3.31. The fourth-order valence-electron chi connectivity index (χ4n) is 8.72. The SMILES string of the molecule is CCCCC/C=C\C/C=C\CCCCCCCCCC(=O)OCCCCCCCCCC/C=C\CCCCCCCCCC(=O)NC(CO)C(O)CCCCCCCCCCCCCC. The van der Waals surface area contributed by atoms with E-state index >= 15 is 0 Å². The summed E-state index contributed by atoms with van der Waals surface area (Å²) in [6.07, 6.45) is 67.0. The van der Waals surface area contributed by atoms with Gasteiger partial charge in [0.25, 0.3) is 0 Å². The first kappa shape index (κ1) is 63.1. The zero-order valence-corrected chi connectivity index (χ0v) is 43.5. The Morgan fingerprint density at radius 3 is 1.22 bits per heavy atom.